The molecule has 0 aromatic carbocycles. The van der Waals surface area contributed by atoms with E-state index in [0.717, 1.165) is 11.0 Å². The monoisotopic (exact) mass is 372 g/mol. The molecule has 2 aliphatic heterocycles. The highest BCUT2D eigenvalue weighted by Gasteiger charge is 2.37. The number of ketones is 1. The van der Waals surface area contributed by atoms with Gasteiger partial charge in [-0.25, -0.2) is 0 Å². The van der Waals surface area contributed by atoms with Crippen LogP contribution in [0.15, 0.2) is 9.85 Å². The van der Waals surface area contributed by atoms with E-state index in [9.17, 15) is 9.59 Å². The van der Waals surface area contributed by atoms with Gasteiger partial charge in [0.25, 0.3) is 5.91 Å². The van der Waals surface area contributed by atoms with Crippen molar-refractivity contribution in [2.24, 2.45) is 0 Å². The van der Waals surface area contributed by atoms with Crippen molar-refractivity contribution >= 4 is 39.0 Å². The molecule has 1 saturated heterocycles. The fourth-order valence-electron chi connectivity index (χ4n) is 2.66. The van der Waals surface area contributed by atoms with Crippen LogP contribution in [0.3, 0.4) is 0 Å². The van der Waals surface area contributed by atoms with Crippen LogP contribution in [0.2, 0.25) is 0 Å². The van der Waals surface area contributed by atoms with Crippen LogP contribution >= 0.6 is 27.3 Å². The molecule has 0 spiro atoms. The lowest BCUT2D eigenvalue weighted by Crippen LogP contribution is -2.55. The Kier molecular flexibility index (Phi) is 4.07. The van der Waals surface area contributed by atoms with Gasteiger partial charge in [-0.15, -0.1) is 11.3 Å². The Hall–Kier alpha value is -0.920. The number of amides is 1. The van der Waals surface area contributed by atoms with E-state index in [2.05, 4.69) is 34.8 Å². The smallest absolute Gasteiger partial charge is 0.264 e. The third-order valence-corrected chi connectivity index (χ3v) is 6.03. The molecule has 7 heteroatoms. The minimum absolute atomic E-state index is 0.00697. The zero-order valence-corrected chi connectivity index (χ0v) is 14.4. The molecular formula is C14H17BrN2O3S. The molecule has 0 N–H and O–H groups in total. The second-order valence-electron chi connectivity index (χ2n) is 5.59. The average Bonchev–Trinajstić information content (AvgIpc) is 2.83. The normalized spacial score (nSPS) is 26.4. The first-order chi connectivity index (χ1) is 9.97. The molecule has 0 radical (unpaired) electrons. The molecular weight excluding hydrogens is 356 g/mol. The number of ether oxygens (including phenoxy) is 1. The van der Waals surface area contributed by atoms with Crippen molar-refractivity contribution in [2.45, 2.75) is 25.5 Å². The molecule has 1 aromatic heterocycles. The van der Waals surface area contributed by atoms with E-state index in [0.29, 0.717) is 29.8 Å². The minimum Gasteiger partial charge on any atom is -0.477 e. The molecule has 0 saturated carbocycles. The Morgan fingerprint density at radius 3 is 2.95 bits per heavy atom. The summed E-state index contributed by atoms with van der Waals surface area (Å²) in [6.45, 7) is 4.31. The first-order valence-corrected chi connectivity index (χ1v) is 8.60. The lowest BCUT2D eigenvalue weighted by Gasteiger charge is -2.39. The van der Waals surface area contributed by atoms with Gasteiger partial charge >= 0.3 is 0 Å². The maximum Gasteiger partial charge on any atom is 0.264 e. The van der Waals surface area contributed by atoms with Crippen LogP contribution in [-0.2, 0) is 4.79 Å². The van der Waals surface area contributed by atoms with E-state index in [1.807, 2.05) is 10.3 Å². The lowest BCUT2D eigenvalue weighted by molar-refractivity contribution is -0.141. The minimum atomic E-state index is -0.688. The van der Waals surface area contributed by atoms with E-state index in [4.69, 9.17) is 4.74 Å². The zero-order valence-electron chi connectivity index (χ0n) is 12.0. The number of rotatable bonds is 1. The Balaban J connectivity index is 1.75. The van der Waals surface area contributed by atoms with Gasteiger partial charge in [0.15, 0.2) is 17.6 Å². The van der Waals surface area contributed by atoms with Crippen LogP contribution < -0.4 is 4.74 Å². The van der Waals surface area contributed by atoms with Gasteiger partial charge < -0.3 is 14.5 Å². The van der Waals surface area contributed by atoms with Crippen molar-refractivity contribution in [3.63, 3.8) is 0 Å². The number of fused-ring (bicyclic) bond motifs is 1. The van der Waals surface area contributed by atoms with Gasteiger partial charge in [-0.05, 0) is 29.9 Å². The largest absolute Gasteiger partial charge is 0.477 e. The topological polar surface area (TPSA) is 49.9 Å². The number of carbonyl (C=O) groups is 2. The van der Waals surface area contributed by atoms with Crippen LogP contribution in [0.4, 0.5) is 0 Å². The highest BCUT2D eigenvalue weighted by Crippen LogP contribution is 2.40. The summed E-state index contributed by atoms with van der Waals surface area (Å²) < 4.78 is 6.54. The molecule has 2 aliphatic rings. The van der Waals surface area contributed by atoms with Crippen molar-refractivity contribution in [3.05, 3.63) is 14.7 Å². The molecule has 3 heterocycles. The van der Waals surface area contributed by atoms with Crippen LogP contribution in [0.1, 0.15) is 23.0 Å². The Bertz CT molecular complexity index is 589. The molecule has 21 heavy (non-hydrogen) atoms. The van der Waals surface area contributed by atoms with E-state index in [-0.39, 0.29) is 18.1 Å². The van der Waals surface area contributed by atoms with Crippen LogP contribution in [-0.4, -0.2) is 60.3 Å². The van der Waals surface area contributed by atoms with Gasteiger partial charge in [0, 0.05) is 31.1 Å². The van der Waals surface area contributed by atoms with Crippen molar-refractivity contribution in [1.29, 1.82) is 0 Å². The van der Waals surface area contributed by atoms with Crippen LogP contribution in [0.5, 0.6) is 5.75 Å². The maximum absolute atomic E-state index is 12.6. The van der Waals surface area contributed by atoms with E-state index in [1.165, 1.54) is 11.3 Å². The van der Waals surface area contributed by atoms with Crippen molar-refractivity contribution in [2.75, 3.05) is 26.7 Å². The summed E-state index contributed by atoms with van der Waals surface area (Å²) in [6.07, 6.45) is -0.550. The highest BCUT2D eigenvalue weighted by atomic mass is 79.9. The molecule has 2 atom stereocenters. The molecule has 1 fully saturated rings. The predicted octanol–water partition coefficient (Wildman–Crippen LogP) is 2.01. The number of hydrogen-bond acceptors (Lipinski definition) is 5. The molecule has 114 valence electrons. The van der Waals surface area contributed by atoms with Crippen LogP contribution in [0.25, 0.3) is 0 Å². The fourth-order valence-corrected chi connectivity index (χ4v) is 4.17. The first kappa shape index (κ1) is 15.0. The standard InChI is InChI=1S/C14H17BrN2O3S/c1-8-6-17(4-3-16(8)2)14(19)11-5-10(18)13-12(20-11)9(15)7-21-13/h7-8,11H,3-6H2,1-2H3. The molecule has 0 aliphatic carbocycles. The quantitative estimate of drug-likeness (QED) is 0.756. The summed E-state index contributed by atoms with van der Waals surface area (Å²) in [4.78, 5) is 29.4. The second-order valence-corrected chi connectivity index (χ2v) is 7.32. The third kappa shape index (κ3) is 2.74. The third-order valence-electron chi connectivity index (χ3n) is 4.13. The van der Waals surface area contributed by atoms with Crippen molar-refractivity contribution in [1.82, 2.24) is 9.80 Å². The van der Waals surface area contributed by atoms with E-state index < -0.39 is 6.10 Å². The number of piperazine rings is 1. The molecule has 1 amide bonds. The van der Waals surface area contributed by atoms with Gasteiger partial charge in [-0.2, -0.15) is 0 Å². The lowest BCUT2D eigenvalue weighted by atomic mass is 10.1. The Morgan fingerprint density at radius 1 is 1.48 bits per heavy atom. The predicted molar refractivity (Wildman–Crippen MR) is 84.1 cm³/mol. The van der Waals surface area contributed by atoms with E-state index >= 15 is 0 Å². The molecule has 1 aromatic rings. The number of halogens is 1. The summed E-state index contributed by atoms with van der Waals surface area (Å²) in [5.41, 5.74) is 0. The highest BCUT2D eigenvalue weighted by molar-refractivity contribution is 9.10. The first-order valence-electron chi connectivity index (χ1n) is 6.93. The molecule has 0 bridgehead atoms. The Morgan fingerprint density at radius 2 is 2.24 bits per heavy atom. The van der Waals surface area contributed by atoms with Gasteiger partial charge in [0.1, 0.15) is 4.88 Å². The van der Waals surface area contributed by atoms with E-state index in [1.54, 1.807) is 0 Å². The Labute approximate surface area is 136 Å². The number of hydrogen-bond donors (Lipinski definition) is 0. The van der Waals surface area contributed by atoms with Crippen molar-refractivity contribution in [3.8, 4) is 5.75 Å². The van der Waals surface area contributed by atoms with Gasteiger partial charge in [0.2, 0.25) is 0 Å². The number of carbonyl (C=O) groups excluding carboxylic acids is 2. The summed E-state index contributed by atoms with van der Waals surface area (Å²) >= 11 is 4.73. The summed E-state index contributed by atoms with van der Waals surface area (Å²) in [5, 5.41) is 1.83. The maximum atomic E-state index is 12.6. The summed E-state index contributed by atoms with van der Waals surface area (Å²) in [7, 11) is 2.06. The summed E-state index contributed by atoms with van der Waals surface area (Å²) in [5.74, 6) is 0.441. The summed E-state index contributed by atoms with van der Waals surface area (Å²) in [6, 6.07) is 0.324. The SMILES string of the molecule is CC1CN(C(=O)C2CC(=O)c3scc(Br)c3O2)CCN1C. The number of Topliss-reactive ketones (excluding diaryl/α,β-unsaturated/α-hetero) is 1. The molecule has 2 unspecified atom stereocenters. The number of thiophene rings is 1. The van der Waals surface area contributed by atoms with Gasteiger partial charge in [-0.1, -0.05) is 0 Å². The average molecular weight is 373 g/mol. The van der Waals surface area contributed by atoms with Gasteiger partial charge in [0.05, 0.1) is 10.9 Å². The second kappa shape index (κ2) is 5.70. The zero-order chi connectivity index (χ0) is 15.1. The molecule has 3 rings (SSSR count). The van der Waals surface area contributed by atoms with Gasteiger partial charge in [-0.3, -0.25) is 9.59 Å². The number of nitrogens with zero attached hydrogens (tertiary/aromatic N) is 2. The number of likely N-dealkylation sites (N-methyl/N-ethyl adjacent to an activating group) is 1. The fraction of sp³-hybridized carbons (Fsp3) is 0.571. The van der Waals surface area contributed by atoms with Crippen LogP contribution in [0, 0.1) is 0 Å². The molecule has 5 nitrogen and oxygen atoms in total. The van der Waals surface area contributed by atoms with Crippen molar-refractivity contribution < 1.29 is 14.3 Å².